The molecule has 0 heterocycles. The molecule has 0 unspecified atom stereocenters. The van der Waals surface area contributed by atoms with Crippen LogP contribution in [0.15, 0.2) is 121 Å². The smallest absolute Gasteiger partial charge is 0.150 e. The number of benzene rings is 5. The maximum Gasteiger partial charge on any atom is 0.150 e. The lowest BCUT2D eigenvalue weighted by molar-refractivity contribution is 0.112. The molecule has 5 aromatic rings. The summed E-state index contributed by atoms with van der Waals surface area (Å²) < 4.78 is 0. The Morgan fingerprint density at radius 1 is 0.526 bits per heavy atom. The number of rotatable bonds is 6. The largest absolute Gasteiger partial charge is 0.310 e. The highest BCUT2D eigenvalue weighted by atomic mass is 16.1. The van der Waals surface area contributed by atoms with Gasteiger partial charge in [-0.1, -0.05) is 111 Å². The third kappa shape index (κ3) is 4.25. The Kier molecular flexibility index (Phi) is 6.01. The van der Waals surface area contributed by atoms with Crippen LogP contribution in [-0.2, 0) is 5.41 Å². The molecular weight excluding hydrogens is 462 g/mol. The molecule has 0 spiro atoms. The summed E-state index contributed by atoms with van der Waals surface area (Å²) in [7, 11) is 0. The number of nitrogens with zero attached hydrogens (tertiary/aromatic N) is 1. The second-order valence-electron chi connectivity index (χ2n) is 10.3. The first kappa shape index (κ1) is 23.7. The zero-order chi connectivity index (χ0) is 26.1. The molecule has 0 aromatic heterocycles. The molecule has 1 aliphatic carbocycles. The minimum absolute atomic E-state index is 0.130. The molecule has 0 atom stereocenters. The fourth-order valence-corrected chi connectivity index (χ4v) is 5.47. The highest BCUT2D eigenvalue weighted by Gasteiger charge is 2.36. The molecule has 6 rings (SSSR count). The van der Waals surface area contributed by atoms with Crippen LogP contribution in [0.5, 0.6) is 0 Å². The van der Waals surface area contributed by atoms with E-state index in [0.717, 1.165) is 28.9 Å². The van der Waals surface area contributed by atoms with Gasteiger partial charge in [-0.25, -0.2) is 0 Å². The lowest BCUT2D eigenvalue weighted by Gasteiger charge is -2.28. The first-order valence-corrected chi connectivity index (χ1v) is 13.0. The van der Waals surface area contributed by atoms with Crippen LogP contribution in [0.3, 0.4) is 0 Å². The monoisotopic (exact) mass is 491 g/mol. The predicted molar refractivity (Wildman–Crippen MR) is 159 cm³/mol. The van der Waals surface area contributed by atoms with Gasteiger partial charge in [0.25, 0.3) is 0 Å². The number of aldehydes is 1. The van der Waals surface area contributed by atoms with E-state index in [-0.39, 0.29) is 5.41 Å². The highest BCUT2D eigenvalue weighted by Crippen LogP contribution is 2.51. The Balaban J connectivity index is 1.38. The van der Waals surface area contributed by atoms with E-state index in [0.29, 0.717) is 5.56 Å². The van der Waals surface area contributed by atoms with Gasteiger partial charge in [-0.05, 0) is 69.8 Å². The van der Waals surface area contributed by atoms with Crippen molar-refractivity contribution in [3.8, 4) is 11.1 Å². The zero-order valence-electron chi connectivity index (χ0n) is 21.6. The van der Waals surface area contributed by atoms with Crippen molar-refractivity contribution in [1.29, 1.82) is 0 Å². The van der Waals surface area contributed by atoms with Crippen molar-refractivity contribution >= 4 is 35.5 Å². The molecule has 0 N–H and O–H groups in total. The molecule has 0 amide bonds. The van der Waals surface area contributed by atoms with Crippen molar-refractivity contribution in [2.24, 2.45) is 0 Å². The van der Waals surface area contributed by atoms with Crippen molar-refractivity contribution in [2.75, 3.05) is 4.90 Å². The van der Waals surface area contributed by atoms with Crippen LogP contribution in [0, 0.1) is 0 Å². The molecule has 5 aromatic carbocycles. The quantitative estimate of drug-likeness (QED) is 0.174. The number of hydrogen-bond donors (Lipinski definition) is 0. The molecular formula is C36H29NO. The van der Waals surface area contributed by atoms with Crippen LogP contribution in [0.1, 0.15) is 46.5 Å². The Morgan fingerprint density at radius 3 is 1.63 bits per heavy atom. The molecule has 1 aliphatic rings. The maximum absolute atomic E-state index is 10.9. The van der Waals surface area contributed by atoms with Crippen LogP contribution in [0.4, 0.5) is 17.1 Å². The summed E-state index contributed by atoms with van der Waals surface area (Å²) in [4.78, 5) is 13.3. The van der Waals surface area contributed by atoms with Crippen LogP contribution >= 0.6 is 0 Å². The number of carbonyl (C=O) groups is 1. The standard InChI is InChI=1S/C36H29NO/c1-36(2)34-23-27(16-13-26-14-17-28(25-38)18-15-26)19-21-32(34)33-22-20-31(24-35(33)36)37(29-9-5-3-6-10-29)30-11-7-4-8-12-30/h3-25H,1-2H3/b16-13+. The summed E-state index contributed by atoms with van der Waals surface area (Å²) in [6, 6.07) is 42.4. The van der Waals surface area contributed by atoms with Gasteiger partial charge < -0.3 is 4.90 Å². The van der Waals surface area contributed by atoms with Gasteiger partial charge in [-0.2, -0.15) is 0 Å². The minimum Gasteiger partial charge on any atom is -0.310 e. The third-order valence-corrected chi connectivity index (χ3v) is 7.51. The summed E-state index contributed by atoms with van der Waals surface area (Å²) >= 11 is 0. The third-order valence-electron chi connectivity index (χ3n) is 7.51. The normalized spacial score (nSPS) is 13.2. The predicted octanol–water partition coefficient (Wildman–Crippen LogP) is 9.45. The van der Waals surface area contributed by atoms with Crippen molar-refractivity contribution in [1.82, 2.24) is 0 Å². The Labute approximate surface area is 224 Å². The van der Waals surface area contributed by atoms with Crippen molar-refractivity contribution in [3.63, 3.8) is 0 Å². The fourth-order valence-electron chi connectivity index (χ4n) is 5.47. The van der Waals surface area contributed by atoms with E-state index >= 15 is 0 Å². The van der Waals surface area contributed by atoms with Crippen molar-refractivity contribution < 1.29 is 4.79 Å². The van der Waals surface area contributed by atoms with Gasteiger partial charge in [0.15, 0.2) is 0 Å². The summed E-state index contributed by atoms with van der Waals surface area (Å²) in [6.07, 6.45) is 5.12. The summed E-state index contributed by atoms with van der Waals surface area (Å²) in [6.45, 7) is 4.64. The number of fused-ring (bicyclic) bond motifs is 3. The van der Waals surface area contributed by atoms with Gasteiger partial charge in [0, 0.05) is 28.0 Å². The molecule has 0 bridgehead atoms. The van der Waals surface area contributed by atoms with Crippen molar-refractivity contribution in [2.45, 2.75) is 19.3 Å². The van der Waals surface area contributed by atoms with Gasteiger partial charge in [-0.15, -0.1) is 0 Å². The summed E-state index contributed by atoms with van der Waals surface area (Å²) in [5.41, 5.74) is 11.5. The number of anilines is 3. The summed E-state index contributed by atoms with van der Waals surface area (Å²) in [5.74, 6) is 0. The Morgan fingerprint density at radius 2 is 1.03 bits per heavy atom. The van der Waals surface area contributed by atoms with Crippen LogP contribution in [0.2, 0.25) is 0 Å². The minimum atomic E-state index is -0.130. The Hall–Kier alpha value is -4.69. The molecule has 0 fully saturated rings. The van der Waals surface area contributed by atoms with Gasteiger partial charge in [0.2, 0.25) is 0 Å². The molecule has 2 heteroatoms. The van der Waals surface area contributed by atoms with E-state index in [9.17, 15) is 4.79 Å². The number of para-hydroxylation sites is 2. The first-order valence-electron chi connectivity index (χ1n) is 13.0. The second-order valence-corrected chi connectivity index (χ2v) is 10.3. The van der Waals surface area contributed by atoms with E-state index in [2.05, 4.69) is 128 Å². The van der Waals surface area contributed by atoms with Gasteiger partial charge in [0.05, 0.1) is 0 Å². The van der Waals surface area contributed by atoms with E-state index in [1.807, 2.05) is 24.3 Å². The van der Waals surface area contributed by atoms with Gasteiger partial charge >= 0.3 is 0 Å². The van der Waals surface area contributed by atoms with Gasteiger partial charge in [0.1, 0.15) is 6.29 Å². The SMILES string of the molecule is CC1(C)c2cc(/C=C/c3ccc(C=O)cc3)ccc2-c2ccc(N(c3ccccc3)c3ccccc3)cc21. The molecule has 2 nitrogen and oxygen atoms in total. The highest BCUT2D eigenvalue weighted by molar-refractivity contribution is 5.86. The zero-order valence-corrected chi connectivity index (χ0v) is 21.6. The van der Waals surface area contributed by atoms with Crippen molar-refractivity contribution in [3.05, 3.63) is 149 Å². The van der Waals surface area contributed by atoms with E-state index in [4.69, 9.17) is 0 Å². The van der Waals surface area contributed by atoms with Gasteiger partial charge in [-0.3, -0.25) is 4.79 Å². The number of carbonyl (C=O) groups excluding carboxylic acids is 1. The lowest BCUT2D eigenvalue weighted by atomic mass is 9.81. The molecule has 184 valence electrons. The van der Waals surface area contributed by atoms with E-state index < -0.39 is 0 Å². The number of hydrogen-bond acceptors (Lipinski definition) is 2. The Bertz CT molecular complexity index is 1590. The molecule has 0 radical (unpaired) electrons. The fraction of sp³-hybridized carbons (Fsp3) is 0.0833. The van der Waals surface area contributed by atoms with E-state index in [1.54, 1.807) is 0 Å². The second kappa shape index (κ2) is 9.64. The van der Waals surface area contributed by atoms with Crippen LogP contribution < -0.4 is 4.90 Å². The first-order chi connectivity index (χ1) is 18.5. The lowest BCUT2D eigenvalue weighted by Crippen LogP contribution is -2.16. The topological polar surface area (TPSA) is 20.3 Å². The molecule has 0 saturated carbocycles. The maximum atomic E-state index is 10.9. The van der Waals surface area contributed by atoms with E-state index in [1.165, 1.54) is 27.8 Å². The molecule has 0 saturated heterocycles. The average Bonchev–Trinajstić information content (AvgIpc) is 3.19. The average molecular weight is 492 g/mol. The van der Waals surface area contributed by atoms with Crippen LogP contribution in [-0.4, -0.2) is 6.29 Å². The van der Waals surface area contributed by atoms with Crippen LogP contribution in [0.25, 0.3) is 23.3 Å². The molecule has 38 heavy (non-hydrogen) atoms. The summed E-state index contributed by atoms with van der Waals surface area (Å²) in [5, 5.41) is 0. The molecule has 0 aliphatic heterocycles.